The van der Waals surface area contributed by atoms with Crippen molar-refractivity contribution >= 4 is 17.8 Å². The average Bonchev–Trinajstić information content (AvgIpc) is 2.57. The van der Waals surface area contributed by atoms with E-state index in [1.807, 2.05) is 5.32 Å². The molecular weight excluding hydrogens is 226 g/mol. The molecule has 0 bridgehead atoms. The standard InChI is InChI=1S/C10H15N3O4/c14-8-9(15)13(10(16)11-8)3-1-2-12-4-6-17-7-5-12/h1-7H2,(H,11,14,16). The van der Waals surface area contributed by atoms with Crippen LogP contribution in [-0.4, -0.2) is 67.0 Å². The van der Waals surface area contributed by atoms with E-state index in [-0.39, 0.29) is 6.54 Å². The summed E-state index contributed by atoms with van der Waals surface area (Å²) in [5.41, 5.74) is 0. The molecule has 2 rings (SSSR count). The monoisotopic (exact) mass is 241 g/mol. The van der Waals surface area contributed by atoms with Crippen LogP contribution in [0.25, 0.3) is 0 Å². The molecule has 7 heteroatoms. The molecule has 0 aromatic heterocycles. The van der Waals surface area contributed by atoms with E-state index in [4.69, 9.17) is 4.74 Å². The molecule has 94 valence electrons. The van der Waals surface area contributed by atoms with E-state index in [9.17, 15) is 14.4 Å². The van der Waals surface area contributed by atoms with Crippen LogP contribution in [0.15, 0.2) is 0 Å². The molecule has 0 radical (unpaired) electrons. The van der Waals surface area contributed by atoms with E-state index in [0.717, 1.165) is 37.7 Å². The summed E-state index contributed by atoms with van der Waals surface area (Å²) in [7, 11) is 0. The van der Waals surface area contributed by atoms with E-state index in [1.165, 1.54) is 0 Å². The predicted molar refractivity (Wildman–Crippen MR) is 57.1 cm³/mol. The van der Waals surface area contributed by atoms with Crippen LogP contribution >= 0.6 is 0 Å². The number of morpholine rings is 1. The first-order chi connectivity index (χ1) is 8.18. The molecule has 0 atom stereocenters. The lowest BCUT2D eigenvalue weighted by Gasteiger charge is -2.26. The Morgan fingerprint density at radius 3 is 2.41 bits per heavy atom. The zero-order chi connectivity index (χ0) is 12.3. The lowest BCUT2D eigenvalue weighted by molar-refractivity contribution is -0.140. The summed E-state index contributed by atoms with van der Waals surface area (Å²) in [5, 5.41) is 1.97. The molecule has 2 saturated heterocycles. The van der Waals surface area contributed by atoms with Crippen molar-refractivity contribution in [1.29, 1.82) is 0 Å². The smallest absolute Gasteiger partial charge is 0.331 e. The number of hydrogen-bond donors (Lipinski definition) is 1. The first-order valence-electron chi connectivity index (χ1n) is 5.65. The zero-order valence-corrected chi connectivity index (χ0v) is 9.48. The Morgan fingerprint density at radius 1 is 1.12 bits per heavy atom. The van der Waals surface area contributed by atoms with E-state index < -0.39 is 17.8 Å². The Labute approximate surface area is 98.7 Å². The van der Waals surface area contributed by atoms with Crippen molar-refractivity contribution in [2.24, 2.45) is 0 Å². The van der Waals surface area contributed by atoms with Gasteiger partial charge in [-0.3, -0.25) is 24.7 Å². The van der Waals surface area contributed by atoms with Crippen molar-refractivity contribution < 1.29 is 19.1 Å². The molecule has 0 saturated carbocycles. The van der Waals surface area contributed by atoms with Crippen molar-refractivity contribution in [3.8, 4) is 0 Å². The van der Waals surface area contributed by atoms with Gasteiger partial charge < -0.3 is 4.74 Å². The number of carbonyl (C=O) groups is 3. The Morgan fingerprint density at radius 2 is 1.82 bits per heavy atom. The number of amides is 4. The number of hydrogen-bond acceptors (Lipinski definition) is 5. The number of rotatable bonds is 4. The molecule has 17 heavy (non-hydrogen) atoms. The maximum Gasteiger partial charge on any atom is 0.331 e. The van der Waals surface area contributed by atoms with Gasteiger partial charge in [0.05, 0.1) is 13.2 Å². The van der Waals surface area contributed by atoms with E-state index in [1.54, 1.807) is 0 Å². The first-order valence-corrected chi connectivity index (χ1v) is 5.65. The lowest BCUT2D eigenvalue weighted by atomic mass is 10.3. The van der Waals surface area contributed by atoms with Crippen molar-refractivity contribution in [2.75, 3.05) is 39.4 Å². The third-order valence-corrected chi connectivity index (χ3v) is 2.86. The van der Waals surface area contributed by atoms with Crippen LogP contribution in [0.3, 0.4) is 0 Å². The van der Waals surface area contributed by atoms with Gasteiger partial charge in [0.25, 0.3) is 0 Å². The molecule has 2 fully saturated rings. The summed E-state index contributed by atoms with van der Waals surface area (Å²) in [6.07, 6.45) is 0.673. The SMILES string of the molecule is O=C1NC(=O)N(CCCN2CCOCC2)C1=O. The Hall–Kier alpha value is -1.47. The molecule has 7 nitrogen and oxygen atoms in total. The number of nitrogens with one attached hydrogen (secondary N) is 1. The van der Waals surface area contributed by atoms with E-state index >= 15 is 0 Å². The van der Waals surface area contributed by atoms with Crippen LogP contribution in [0.1, 0.15) is 6.42 Å². The summed E-state index contributed by atoms with van der Waals surface area (Å²) in [6, 6.07) is -0.609. The largest absolute Gasteiger partial charge is 0.379 e. The molecule has 0 unspecified atom stereocenters. The Balaban J connectivity index is 1.72. The summed E-state index contributed by atoms with van der Waals surface area (Å²) in [6.45, 7) is 4.28. The van der Waals surface area contributed by atoms with Crippen LogP contribution < -0.4 is 5.32 Å². The fourth-order valence-electron chi connectivity index (χ4n) is 1.91. The molecular formula is C10H15N3O4. The molecule has 2 heterocycles. The van der Waals surface area contributed by atoms with Gasteiger partial charge >= 0.3 is 17.8 Å². The molecule has 2 aliphatic rings. The second kappa shape index (κ2) is 5.24. The summed E-state index contributed by atoms with van der Waals surface area (Å²) >= 11 is 0. The van der Waals surface area contributed by atoms with Gasteiger partial charge in [0.15, 0.2) is 0 Å². The van der Waals surface area contributed by atoms with Gasteiger partial charge in [-0.15, -0.1) is 0 Å². The predicted octanol–water partition coefficient (Wildman–Crippen LogP) is -1.21. The van der Waals surface area contributed by atoms with Gasteiger partial charge in [-0.1, -0.05) is 0 Å². The van der Waals surface area contributed by atoms with E-state index in [0.29, 0.717) is 6.42 Å². The van der Waals surface area contributed by atoms with Gasteiger partial charge in [-0.2, -0.15) is 0 Å². The molecule has 2 aliphatic heterocycles. The van der Waals surface area contributed by atoms with Crippen LogP contribution in [-0.2, 0) is 14.3 Å². The average molecular weight is 241 g/mol. The van der Waals surface area contributed by atoms with Gasteiger partial charge in [0.1, 0.15) is 0 Å². The number of imide groups is 2. The quantitative estimate of drug-likeness (QED) is 0.493. The fourth-order valence-corrected chi connectivity index (χ4v) is 1.91. The fraction of sp³-hybridized carbons (Fsp3) is 0.700. The van der Waals surface area contributed by atoms with Crippen LogP contribution in [0.5, 0.6) is 0 Å². The molecule has 0 aromatic rings. The highest BCUT2D eigenvalue weighted by Gasteiger charge is 2.36. The Bertz CT molecular complexity index is 338. The molecule has 0 aromatic carbocycles. The zero-order valence-electron chi connectivity index (χ0n) is 9.48. The van der Waals surface area contributed by atoms with Crippen LogP contribution in [0, 0.1) is 0 Å². The minimum Gasteiger partial charge on any atom is -0.379 e. The molecule has 4 amide bonds. The first kappa shape index (κ1) is 12.0. The third-order valence-electron chi connectivity index (χ3n) is 2.86. The van der Waals surface area contributed by atoms with Crippen LogP contribution in [0.4, 0.5) is 4.79 Å². The molecule has 0 aliphatic carbocycles. The summed E-state index contributed by atoms with van der Waals surface area (Å²) < 4.78 is 5.21. The highest BCUT2D eigenvalue weighted by Crippen LogP contribution is 2.03. The number of ether oxygens (including phenoxy) is 1. The maximum absolute atomic E-state index is 11.3. The van der Waals surface area contributed by atoms with Gasteiger partial charge in [-0.25, -0.2) is 4.79 Å². The minimum atomic E-state index is -0.832. The van der Waals surface area contributed by atoms with Gasteiger partial charge in [0, 0.05) is 26.2 Å². The number of carbonyl (C=O) groups excluding carboxylic acids is 3. The van der Waals surface area contributed by atoms with Gasteiger partial charge in [0.2, 0.25) is 0 Å². The third kappa shape index (κ3) is 2.80. The Kier molecular flexibility index (Phi) is 3.70. The highest BCUT2D eigenvalue weighted by molar-refractivity contribution is 6.44. The maximum atomic E-state index is 11.3. The lowest BCUT2D eigenvalue weighted by Crippen LogP contribution is -2.39. The van der Waals surface area contributed by atoms with Crippen molar-refractivity contribution in [3.05, 3.63) is 0 Å². The minimum absolute atomic E-state index is 0.285. The molecule has 0 spiro atoms. The van der Waals surface area contributed by atoms with Crippen molar-refractivity contribution in [2.45, 2.75) is 6.42 Å². The number of nitrogens with zero attached hydrogens (tertiary/aromatic N) is 2. The van der Waals surface area contributed by atoms with Crippen molar-refractivity contribution in [1.82, 2.24) is 15.1 Å². The summed E-state index contributed by atoms with van der Waals surface area (Å²) in [5.74, 6) is -1.58. The highest BCUT2D eigenvalue weighted by atomic mass is 16.5. The van der Waals surface area contributed by atoms with Crippen molar-refractivity contribution in [3.63, 3.8) is 0 Å². The second-order valence-electron chi connectivity index (χ2n) is 4.02. The van der Waals surface area contributed by atoms with Gasteiger partial charge in [-0.05, 0) is 6.42 Å². The number of urea groups is 1. The summed E-state index contributed by atoms with van der Waals surface area (Å²) in [4.78, 5) is 36.6. The topological polar surface area (TPSA) is 79.0 Å². The van der Waals surface area contributed by atoms with Crippen LogP contribution in [0.2, 0.25) is 0 Å². The molecule has 1 N–H and O–H groups in total. The second-order valence-corrected chi connectivity index (χ2v) is 4.02. The normalized spacial score (nSPS) is 22.1. The van der Waals surface area contributed by atoms with E-state index in [2.05, 4.69) is 4.90 Å².